The summed E-state index contributed by atoms with van der Waals surface area (Å²) in [7, 11) is 0. The first kappa shape index (κ1) is 13.8. The van der Waals surface area contributed by atoms with Gasteiger partial charge in [-0.15, -0.1) is 11.6 Å². The number of halogens is 3. The third kappa shape index (κ3) is 3.65. The Bertz CT molecular complexity index is 396. The van der Waals surface area contributed by atoms with Gasteiger partial charge in [0, 0.05) is 10.5 Å². The Labute approximate surface area is 113 Å². The highest BCUT2D eigenvalue weighted by Crippen LogP contribution is 2.28. The molecular weight excluding hydrogens is 313 g/mol. The molecule has 0 radical (unpaired) electrons. The topological polar surface area (TPSA) is 29.1 Å². The van der Waals surface area contributed by atoms with E-state index in [9.17, 15) is 4.79 Å². The van der Waals surface area contributed by atoms with Crippen molar-refractivity contribution < 1.29 is 4.79 Å². The summed E-state index contributed by atoms with van der Waals surface area (Å²) in [5.41, 5.74) is 0.688. The monoisotopic (exact) mass is 323 g/mol. The van der Waals surface area contributed by atoms with Crippen molar-refractivity contribution >= 4 is 45.0 Å². The highest BCUT2D eigenvalue weighted by molar-refractivity contribution is 9.10. The molecule has 0 aliphatic heterocycles. The van der Waals surface area contributed by atoms with Crippen LogP contribution in [0.5, 0.6) is 0 Å². The zero-order valence-corrected chi connectivity index (χ0v) is 12.0. The number of benzene rings is 1. The van der Waals surface area contributed by atoms with Gasteiger partial charge in [-0.2, -0.15) is 0 Å². The molecule has 0 heterocycles. The molecule has 0 saturated carbocycles. The van der Waals surface area contributed by atoms with Crippen LogP contribution in [0.1, 0.15) is 24.8 Å². The van der Waals surface area contributed by atoms with Crippen molar-refractivity contribution in [3.8, 4) is 0 Å². The van der Waals surface area contributed by atoms with Crippen molar-refractivity contribution in [3.63, 3.8) is 0 Å². The Balaban J connectivity index is 2.83. The molecule has 1 atom stereocenters. The van der Waals surface area contributed by atoms with E-state index in [0.717, 1.165) is 4.47 Å². The molecule has 88 valence electrons. The van der Waals surface area contributed by atoms with E-state index in [4.69, 9.17) is 23.2 Å². The van der Waals surface area contributed by atoms with Crippen LogP contribution in [-0.4, -0.2) is 11.9 Å². The SMILES string of the molecule is CC(C)NC(=O)C(Cl)c1ccc(Br)c(Cl)c1. The molecule has 0 aliphatic carbocycles. The zero-order valence-electron chi connectivity index (χ0n) is 8.93. The average Bonchev–Trinajstić information content (AvgIpc) is 2.20. The number of rotatable bonds is 3. The van der Waals surface area contributed by atoms with Crippen LogP contribution in [0.15, 0.2) is 22.7 Å². The summed E-state index contributed by atoms with van der Waals surface area (Å²) in [6, 6.07) is 5.30. The molecule has 2 nitrogen and oxygen atoms in total. The fourth-order valence-electron chi connectivity index (χ4n) is 1.18. The fraction of sp³-hybridized carbons (Fsp3) is 0.364. The van der Waals surface area contributed by atoms with Crippen LogP contribution in [0.2, 0.25) is 5.02 Å². The van der Waals surface area contributed by atoms with Gasteiger partial charge in [-0.1, -0.05) is 17.7 Å². The fourth-order valence-corrected chi connectivity index (χ4v) is 1.81. The van der Waals surface area contributed by atoms with E-state index in [-0.39, 0.29) is 11.9 Å². The van der Waals surface area contributed by atoms with E-state index in [1.54, 1.807) is 18.2 Å². The quantitative estimate of drug-likeness (QED) is 0.839. The van der Waals surface area contributed by atoms with Crippen LogP contribution < -0.4 is 5.32 Å². The lowest BCUT2D eigenvalue weighted by molar-refractivity contribution is -0.121. The Morgan fingerprint density at radius 2 is 2.06 bits per heavy atom. The molecular formula is C11H12BrCl2NO. The highest BCUT2D eigenvalue weighted by Gasteiger charge is 2.18. The van der Waals surface area contributed by atoms with Gasteiger partial charge in [0.15, 0.2) is 0 Å². The van der Waals surface area contributed by atoms with Gasteiger partial charge in [-0.05, 0) is 47.5 Å². The minimum Gasteiger partial charge on any atom is -0.352 e. The van der Waals surface area contributed by atoms with Crippen LogP contribution in [0.25, 0.3) is 0 Å². The van der Waals surface area contributed by atoms with Crippen LogP contribution in [0.3, 0.4) is 0 Å². The number of alkyl halides is 1. The van der Waals surface area contributed by atoms with E-state index < -0.39 is 5.38 Å². The molecule has 0 spiro atoms. The van der Waals surface area contributed by atoms with Crippen molar-refractivity contribution in [2.24, 2.45) is 0 Å². The second kappa shape index (κ2) is 5.89. The van der Waals surface area contributed by atoms with E-state index in [1.165, 1.54) is 0 Å². The van der Waals surface area contributed by atoms with Crippen molar-refractivity contribution in [3.05, 3.63) is 33.3 Å². The number of carbonyl (C=O) groups excluding carboxylic acids is 1. The molecule has 0 aromatic heterocycles. The summed E-state index contributed by atoms with van der Waals surface area (Å²) in [6.45, 7) is 3.77. The molecule has 1 amide bonds. The van der Waals surface area contributed by atoms with Gasteiger partial charge in [-0.25, -0.2) is 0 Å². The Morgan fingerprint density at radius 3 is 2.56 bits per heavy atom. The number of carbonyl (C=O) groups is 1. The second-order valence-corrected chi connectivity index (χ2v) is 5.40. The van der Waals surface area contributed by atoms with Crippen LogP contribution >= 0.6 is 39.1 Å². The first-order valence-electron chi connectivity index (χ1n) is 4.81. The Kier molecular flexibility index (Phi) is 5.09. The molecule has 16 heavy (non-hydrogen) atoms. The van der Waals surface area contributed by atoms with E-state index in [0.29, 0.717) is 10.6 Å². The molecule has 5 heteroatoms. The van der Waals surface area contributed by atoms with Gasteiger partial charge in [-0.3, -0.25) is 4.79 Å². The van der Waals surface area contributed by atoms with Gasteiger partial charge >= 0.3 is 0 Å². The van der Waals surface area contributed by atoms with E-state index >= 15 is 0 Å². The molecule has 1 unspecified atom stereocenters. The predicted octanol–water partition coefficient (Wildman–Crippen LogP) is 3.91. The lowest BCUT2D eigenvalue weighted by Gasteiger charge is -2.13. The zero-order chi connectivity index (χ0) is 12.3. The van der Waals surface area contributed by atoms with Gasteiger partial charge in [0.25, 0.3) is 0 Å². The smallest absolute Gasteiger partial charge is 0.242 e. The van der Waals surface area contributed by atoms with Gasteiger partial charge in [0.1, 0.15) is 5.38 Å². The lowest BCUT2D eigenvalue weighted by Crippen LogP contribution is -2.32. The summed E-state index contributed by atoms with van der Waals surface area (Å²) >= 11 is 15.3. The minimum atomic E-state index is -0.715. The summed E-state index contributed by atoms with van der Waals surface area (Å²) in [5.74, 6) is -0.213. The van der Waals surface area contributed by atoms with Crippen molar-refractivity contribution in [1.29, 1.82) is 0 Å². The minimum absolute atomic E-state index is 0.0691. The molecule has 1 aromatic carbocycles. The van der Waals surface area contributed by atoms with Crippen molar-refractivity contribution in [2.45, 2.75) is 25.3 Å². The molecule has 0 saturated heterocycles. The molecule has 1 aromatic rings. The van der Waals surface area contributed by atoms with Gasteiger partial charge < -0.3 is 5.32 Å². The van der Waals surface area contributed by atoms with E-state index in [2.05, 4.69) is 21.2 Å². The predicted molar refractivity (Wildman–Crippen MR) is 71.0 cm³/mol. The number of nitrogens with one attached hydrogen (secondary N) is 1. The molecule has 0 aliphatic rings. The third-order valence-electron chi connectivity index (χ3n) is 1.90. The maximum atomic E-state index is 11.7. The summed E-state index contributed by atoms with van der Waals surface area (Å²) in [5, 5.41) is 2.58. The first-order chi connectivity index (χ1) is 7.41. The largest absolute Gasteiger partial charge is 0.352 e. The standard InChI is InChI=1S/C11H12BrCl2NO/c1-6(2)15-11(16)10(14)7-3-4-8(12)9(13)5-7/h3-6,10H,1-2H3,(H,15,16). The second-order valence-electron chi connectivity index (χ2n) is 3.70. The van der Waals surface area contributed by atoms with Gasteiger partial charge in [0.2, 0.25) is 5.91 Å². The van der Waals surface area contributed by atoms with Gasteiger partial charge in [0.05, 0.1) is 5.02 Å². The molecule has 1 rings (SSSR count). The number of hydrogen-bond donors (Lipinski definition) is 1. The van der Waals surface area contributed by atoms with Crippen molar-refractivity contribution in [2.75, 3.05) is 0 Å². The van der Waals surface area contributed by atoms with Crippen molar-refractivity contribution in [1.82, 2.24) is 5.32 Å². The van der Waals surface area contributed by atoms with Crippen LogP contribution in [0, 0.1) is 0 Å². The normalized spacial score (nSPS) is 12.6. The molecule has 0 fully saturated rings. The molecule has 0 bridgehead atoms. The Hall–Kier alpha value is -0.250. The molecule has 1 N–H and O–H groups in total. The van der Waals surface area contributed by atoms with Crippen LogP contribution in [-0.2, 0) is 4.79 Å². The highest BCUT2D eigenvalue weighted by atomic mass is 79.9. The summed E-state index contributed by atoms with van der Waals surface area (Å²) in [4.78, 5) is 11.7. The third-order valence-corrected chi connectivity index (χ3v) is 3.58. The van der Waals surface area contributed by atoms with Crippen LogP contribution in [0.4, 0.5) is 0 Å². The average molecular weight is 325 g/mol. The number of amides is 1. The van der Waals surface area contributed by atoms with E-state index in [1.807, 2.05) is 13.8 Å². The Morgan fingerprint density at radius 1 is 1.44 bits per heavy atom. The lowest BCUT2D eigenvalue weighted by atomic mass is 10.1. The number of hydrogen-bond acceptors (Lipinski definition) is 1. The summed E-state index contributed by atoms with van der Waals surface area (Å²) in [6.07, 6.45) is 0. The first-order valence-corrected chi connectivity index (χ1v) is 6.42. The summed E-state index contributed by atoms with van der Waals surface area (Å²) < 4.78 is 0.783. The maximum Gasteiger partial charge on any atom is 0.242 e. The maximum absolute atomic E-state index is 11.7.